The molecule has 8 heteroatoms. The van der Waals surface area contributed by atoms with E-state index in [0.29, 0.717) is 23.3 Å². The first kappa shape index (κ1) is 13.4. The predicted molar refractivity (Wildman–Crippen MR) is 74.1 cm³/mol. The molecule has 0 radical (unpaired) electrons. The third-order valence-electron chi connectivity index (χ3n) is 3.27. The number of oxazole rings is 1. The Morgan fingerprint density at radius 3 is 3.00 bits per heavy atom. The number of hydrogen-bond acceptors (Lipinski definition) is 5. The van der Waals surface area contributed by atoms with Crippen LogP contribution in [0.1, 0.15) is 6.42 Å². The van der Waals surface area contributed by atoms with Gasteiger partial charge in [0.15, 0.2) is 12.0 Å². The summed E-state index contributed by atoms with van der Waals surface area (Å²) < 4.78 is 27.4. The van der Waals surface area contributed by atoms with Gasteiger partial charge in [-0.2, -0.15) is 0 Å². The van der Waals surface area contributed by atoms with Crippen molar-refractivity contribution in [3.05, 3.63) is 24.6 Å². The van der Waals surface area contributed by atoms with Gasteiger partial charge in [-0.3, -0.25) is 4.79 Å². The topological polar surface area (TPSA) is 80.5 Å². The standard InChI is InChI=1S/C12H11ClN2O4S/c13-20(17,18)6-8-4-11(16)15(5-8)9-2-1-3-10-12(9)14-7-19-10/h1-3,7-8H,4-6H2. The molecule has 0 bridgehead atoms. The zero-order valence-electron chi connectivity index (χ0n) is 10.3. The molecule has 0 spiro atoms. The third-order valence-corrected chi connectivity index (χ3v) is 4.52. The van der Waals surface area contributed by atoms with E-state index in [0.717, 1.165) is 0 Å². The Kier molecular flexibility index (Phi) is 3.18. The Hall–Kier alpha value is -1.60. The monoisotopic (exact) mass is 314 g/mol. The number of halogens is 1. The molecule has 0 aliphatic carbocycles. The van der Waals surface area contributed by atoms with Crippen molar-refractivity contribution in [1.29, 1.82) is 0 Å². The molecule has 1 aromatic heterocycles. The van der Waals surface area contributed by atoms with E-state index in [4.69, 9.17) is 15.1 Å². The normalized spacial score (nSPS) is 19.9. The predicted octanol–water partition coefficient (Wildman–Crippen LogP) is 1.75. The van der Waals surface area contributed by atoms with Gasteiger partial charge >= 0.3 is 0 Å². The Morgan fingerprint density at radius 1 is 1.45 bits per heavy atom. The number of amides is 1. The summed E-state index contributed by atoms with van der Waals surface area (Å²) in [5.74, 6) is -0.635. The van der Waals surface area contributed by atoms with E-state index in [9.17, 15) is 13.2 Å². The zero-order valence-corrected chi connectivity index (χ0v) is 11.9. The van der Waals surface area contributed by atoms with Crippen LogP contribution in [0.2, 0.25) is 0 Å². The summed E-state index contributed by atoms with van der Waals surface area (Å²) >= 11 is 0. The molecule has 2 heterocycles. The van der Waals surface area contributed by atoms with E-state index in [2.05, 4.69) is 4.98 Å². The fourth-order valence-corrected chi connectivity index (χ4v) is 3.82. The summed E-state index contributed by atoms with van der Waals surface area (Å²) in [6.45, 7) is 0.316. The average Bonchev–Trinajstić information content (AvgIpc) is 2.93. The van der Waals surface area contributed by atoms with E-state index in [-0.39, 0.29) is 24.0 Å². The summed E-state index contributed by atoms with van der Waals surface area (Å²) in [4.78, 5) is 17.7. The highest BCUT2D eigenvalue weighted by Crippen LogP contribution is 2.31. The molecule has 6 nitrogen and oxygen atoms in total. The fourth-order valence-electron chi connectivity index (χ4n) is 2.50. The highest BCUT2D eigenvalue weighted by molar-refractivity contribution is 8.13. The number of aromatic nitrogens is 1. The molecule has 20 heavy (non-hydrogen) atoms. The molecule has 0 N–H and O–H groups in total. The second-order valence-corrected chi connectivity index (χ2v) is 7.58. The Labute approximate surface area is 119 Å². The molecule has 1 aliphatic heterocycles. The van der Waals surface area contributed by atoms with Gasteiger partial charge in [0.2, 0.25) is 15.0 Å². The largest absolute Gasteiger partial charge is 0.443 e. The maximum Gasteiger partial charge on any atom is 0.232 e. The molecule has 3 rings (SSSR count). The Morgan fingerprint density at radius 2 is 2.25 bits per heavy atom. The number of fused-ring (bicyclic) bond motifs is 1. The second-order valence-electron chi connectivity index (χ2n) is 4.76. The van der Waals surface area contributed by atoms with Crippen LogP contribution in [0.25, 0.3) is 11.1 Å². The molecule has 2 aromatic rings. The number of carbonyl (C=O) groups is 1. The molecular weight excluding hydrogens is 304 g/mol. The third kappa shape index (κ3) is 2.51. The van der Waals surface area contributed by atoms with Gasteiger partial charge in [-0.05, 0) is 12.1 Å². The van der Waals surface area contributed by atoms with Crippen molar-refractivity contribution in [2.24, 2.45) is 5.92 Å². The molecule has 1 aliphatic rings. The van der Waals surface area contributed by atoms with Crippen LogP contribution in [0.3, 0.4) is 0 Å². The quantitative estimate of drug-likeness (QED) is 0.806. The van der Waals surface area contributed by atoms with Gasteiger partial charge in [0.1, 0.15) is 5.52 Å². The highest BCUT2D eigenvalue weighted by atomic mass is 35.7. The van der Waals surface area contributed by atoms with E-state index in [1.165, 1.54) is 11.3 Å². The van der Waals surface area contributed by atoms with Gasteiger partial charge < -0.3 is 9.32 Å². The SMILES string of the molecule is O=C1CC(CS(=O)(=O)Cl)CN1c1cccc2ocnc12. The lowest BCUT2D eigenvalue weighted by molar-refractivity contribution is -0.117. The molecule has 0 saturated carbocycles. The number of carbonyl (C=O) groups excluding carboxylic acids is 1. The fraction of sp³-hybridized carbons (Fsp3) is 0.333. The van der Waals surface area contributed by atoms with E-state index in [1.807, 2.05) is 0 Å². The molecule has 106 valence electrons. The van der Waals surface area contributed by atoms with Crippen molar-refractivity contribution in [1.82, 2.24) is 4.98 Å². The molecule has 1 fully saturated rings. The van der Waals surface area contributed by atoms with E-state index >= 15 is 0 Å². The Bertz CT molecular complexity index is 771. The van der Waals surface area contributed by atoms with Crippen molar-refractivity contribution in [2.45, 2.75) is 6.42 Å². The minimum absolute atomic E-state index is 0.134. The van der Waals surface area contributed by atoms with Crippen molar-refractivity contribution in [2.75, 3.05) is 17.2 Å². The maximum atomic E-state index is 12.1. The van der Waals surface area contributed by atoms with Crippen LogP contribution < -0.4 is 4.90 Å². The van der Waals surface area contributed by atoms with Crippen molar-refractivity contribution in [3.63, 3.8) is 0 Å². The molecule has 1 saturated heterocycles. The van der Waals surface area contributed by atoms with Crippen LogP contribution in [-0.2, 0) is 13.8 Å². The van der Waals surface area contributed by atoms with Crippen molar-refractivity contribution >= 4 is 42.4 Å². The van der Waals surface area contributed by atoms with Crippen molar-refractivity contribution < 1.29 is 17.6 Å². The van der Waals surface area contributed by atoms with Crippen LogP contribution in [0.4, 0.5) is 5.69 Å². The summed E-state index contributed by atoms with van der Waals surface area (Å²) in [6.07, 6.45) is 1.48. The average molecular weight is 315 g/mol. The number of para-hydroxylation sites is 1. The lowest BCUT2D eigenvalue weighted by Crippen LogP contribution is -2.25. The number of anilines is 1. The lowest BCUT2D eigenvalue weighted by atomic mass is 10.1. The molecule has 1 unspecified atom stereocenters. The maximum absolute atomic E-state index is 12.1. The van der Waals surface area contributed by atoms with Gasteiger partial charge in [0.25, 0.3) is 0 Å². The number of nitrogens with zero attached hydrogens (tertiary/aromatic N) is 2. The first-order valence-corrected chi connectivity index (χ1v) is 8.47. The number of rotatable bonds is 3. The molecule has 1 amide bonds. The number of hydrogen-bond donors (Lipinski definition) is 0. The molecular formula is C12H11ClN2O4S. The van der Waals surface area contributed by atoms with Crippen LogP contribution in [0, 0.1) is 5.92 Å². The highest BCUT2D eigenvalue weighted by Gasteiger charge is 2.34. The van der Waals surface area contributed by atoms with Gasteiger partial charge in [0.05, 0.1) is 11.4 Å². The van der Waals surface area contributed by atoms with E-state index in [1.54, 1.807) is 18.2 Å². The van der Waals surface area contributed by atoms with Gasteiger partial charge in [0, 0.05) is 29.6 Å². The van der Waals surface area contributed by atoms with Crippen LogP contribution in [0.5, 0.6) is 0 Å². The minimum Gasteiger partial charge on any atom is -0.443 e. The van der Waals surface area contributed by atoms with E-state index < -0.39 is 9.05 Å². The van der Waals surface area contributed by atoms with Gasteiger partial charge in [-0.15, -0.1) is 0 Å². The van der Waals surface area contributed by atoms with Crippen LogP contribution in [-0.4, -0.2) is 31.6 Å². The first-order valence-electron chi connectivity index (χ1n) is 5.99. The van der Waals surface area contributed by atoms with Crippen LogP contribution in [0.15, 0.2) is 29.0 Å². The smallest absolute Gasteiger partial charge is 0.232 e. The molecule has 1 atom stereocenters. The minimum atomic E-state index is -3.61. The Balaban J connectivity index is 1.91. The number of benzene rings is 1. The molecule has 1 aromatic carbocycles. The first-order chi connectivity index (χ1) is 9.44. The van der Waals surface area contributed by atoms with Crippen molar-refractivity contribution in [3.8, 4) is 0 Å². The van der Waals surface area contributed by atoms with Crippen LogP contribution >= 0.6 is 10.7 Å². The second kappa shape index (κ2) is 4.75. The van der Waals surface area contributed by atoms with Gasteiger partial charge in [-0.25, -0.2) is 13.4 Å². The zero-order chi connectivity index (χ0) is 14.3. The summed E-state index contributed by atoms with van der Waals surface area (Å²) in [5.41, 5.74) is 1.81. The lowest BCUT2D eigenvalue weighted by Gasteiger charge is -2.16. The summed E-state index contributed by atoms with van der Waals surface area (Å²) in [5, 5.41) is 0. The summed E-state index contributed by atoms with van der Waals surface area (Å²) in [7, 11) is 1.64. The van der Waals surface area contributed by atoms with Gasteiger partial charge in [-0.1, -0.05) is 6.07 Å². The summed E-state index contributed by atoms with van der Waals surface area (Å²) in [6, 6.07) is 5.29.